The van der Waals surface area contributed by atoms with Crippen LogP contribution in [-0.4, -0.2) is 30.9 Å². The van der Waals surface area contributed by atoms with E-state index in [0.29, 0.717) is 10.7 Å². The number of carbonyl (C=O) groups excluding carboxylic acids is 3. The number of ether oxygens (including phenoxy) is 1. The lowest BCUT2D eigenvalue weighted by Crippen LogP contribution is -2.32. The second kappa shape index (κ2) is 9.39. The van der Waals surface area contributed by atoms with Crippen LogP contribution in [-0.2, 0) is 14.3 Å². The van der Waals surface area contributed by atoms with Crippen LogP contribution in [0.5, 0.6) is 0 Å². The van der Waals surface area contributed by atoms with Crippen LogP contribution in [0.1, 0.15) is 21.5 Å². The topological polar surface area (TPSA) is 84.5 Å². The first-order valence-corrected chi connectivity index (χ1v) is 8.78. The molecular formula is C19H18Cl2N2O4. The molecule has 0 aliphatic carbocycles. The molecule has 27 heavy (non-hydrogen) atoms. The van der Waals surface area contributed by atoms with Crippen molar-refractivity contribution in [2.75, 3.05) is 18.5 Å². The molecule has 2 aromatic carbocycles. The Morgan fingerprint density at radius 1 is 1.00 bits per heavy atom. The molecule has 0 spiro atoms. The lowest BCUT2D eigenvalue weighted by Gasteiger charge is -2.10. The fourth-order valence-corrected chi connectivity index (χ4v) is 2.53. The summed E-state index contributed by atoms with van der Waals surface area (Å²) in [6.45, 7) is 2.99. The molecule has 2 aromatic rings. The molecule has 0 aliphatic rings. The SMILES string of the molecule is Cc1ccc(NC(=O)COC(=O)CNC(=O)c2ccc(Cl)c(Cl)c2)c(C)c1. The molecule has 0 heterocycles. The number of nitrogens with one attached hydrogen (secondary N) is 2. The smallest absolute Gasteiger partial charge is 0.325 e. The van der Waals surface area contributed by atoms with Gasteiger partial charge in [-0.05, 0) is 43.7 Å². The number of rotatable bonds is 6. The zero-order valence-corrected chi connectivity index (χ0v) is 16.3. The van der Waals surface area contributed by atoms with Gasteiger partial charge < -0.3 is 15.4 Å². The quantitative estimate of drug-likeness (QED) is 0.716. The van der Waals surface area contributed by atoms with Crippen LogP contribution in [0.4, 0.5) is 5.69 Å². The van der Waals surface area contributed by atoms with Gasteiger partial charge in [0.05, 0.1) is 10.0 Å². The number of benzene rings is 2. The van der Waals surface area contributed by atoms with Crippen molar-refractivity contribution in [1.29, 1.82) is 0 Å². The van der Waals surface area contributed by atoms with Gasteiger partial charge in [0.2, 0.25) is 0 Å². The standard InChI is InChI=1S/C19H18Cl2N2O4/c1-11-3-6-16(12(2)7-11)23-17(24)10-27-18(25)9-22-19(26)13-4-5-14(20)15(21)8-13/h3-8H,9-10H2,1-2H3,(H,22,26)(H,23,24). The van der Waals surface area contributed by atoms with Crippen molar-refractivity contribution in [3.05, 3.63) is 63.1 Å². The van der Waals surface area contributed by atoms with Gasteiger partial charge in [0.25, 0.3) is 11.8 Å². The number of hydrogen-bond donors (Lipinski definition) is 2. The van der Waals surface area contributed by atoms with Gasteiger partial charge >= 0.3 is 5.97 Å². The van der Waals surface area contributed by atoms with Crippen LogP contribution < -0.4 is 10.6 Å². The summed E-state index contributed by atoms with van der Waals surface area (Å²) < 4.78 is 4.86. The molecule has 0 atom stereocenters. The molecule has 0 bridgehead atoms. The summed E-state index contributed by atoms with van der Waals surface area (Å²) in [4.78, 5) is 35.5. The van der Waals surface area contributed by atoms with E-state index < -0.39 is 24.4 Å². The molecule has 8 heteroatoms. The average molecular weight is 409 g/mol. The number of esters is 1. The highest BCUT2D eigenvalue weighted by molar-refractivity contribution is 6.42. The fourth-order valence-electron chi connectivity index (χ4n) is 2.23. The molecule has 0 fully saturated rings. The Morgan fingerprint density at radius 3 is 2.41 bits per heavy atom. The van der Waals surface area contributed by atoms with Crippen LogP contribution in [0.3, 0.4) is 0 Å². The van der Waals surface area contributed by atoms with Crippen molar-refractivity contribution >= 4 is 46.7 Å². The van der Waals surface area contributed by atoms with E-state index in [2.05, 4.69) is 10.6 Å². The van der Waals surface area contributed by atoms with Crippen molar-refractivity contribution in [2.24, 2.45) is 0 Å². The second-order valence-electron chi connectivity index (χ2n) is 5.84. The first-order chi connectivity index (χ1) is 12.8. The molecule has 2 amide bonds. The third kappa shape index (κ3) is 6.27. The van der Waals surface area contributed by atoms with Crippen LogP contribution in [0.25, 0.3) is 0 Å². The van der Waals surface area contributed by atoms with Crippen LogP contribution >= 0.6 is 23.2 Å². The van der Waals surface area contributed by atoms with Gasteiger partial charge in [-0.15, -0.1) is 0 Å². The van der Waals surface area contributed by atoms with E-state index in [-0.39, 0.29) is 17.1 Å². The summed E-state index contributed by atoms with van der Waals surface area (Å²) >= 11 is 11.6. The fraction of sp³-hybridized carbons (Fsp3) is 0.211. The molecule has 0 radical (unpaired) electrons. The van der Waals surface area contributed by atoms with E-state index in [1.807, 2.05) is 26.0 Å². The maximum atomic E-state index is 12.0. The molecule has 2 N–H and O–H groups in total. The van der Waals surface area contributed by atoms with Gasteiger partial charge in [0, 0.05) is 11.3 Å². The second-order valence-corrected chi connectivity index (χ2v) is 6.65. The Kier molecular flexibility index (Phi) is 7.21. The summed E-state index contributed by atoms with van der Waals surface area (Å²) in [6.07, 6.45) is 0. The van der Waals surface area contributed by atoms with Gasteiger partial charge in [0.1, 0.15) is 6.54 Å². The zero-order valence-electron chi connectivity index (χ0n) is 14.8. The molecule has 0 saturated carbocycles. The Morgan fingerprint density at radius 2 is 1.74 bits per heavy atom. The first-order valence-electron chi connectivity index (χ1n) is 8.02. The third-order valence-electron chi connectivity index (χ3n) is 3.60. The number of hydrogen-bond acceptors (Lipinski definition) is 4. The lowest BCUT2D eigenvalue weighted by atomic mass is 10.1. The Hall–Kier alpha value is -2.57. The van der Waals surface area contributed by atoms with Crippen molar-refractivity contribution < 1.29 is 19.1 Å². The Labute approximate surface area is 166 Å². The first kappa shape index (κ1) is 20.7. The van der Waals surface area contributed by atoms with Crippen LogP contribution in [0.2, 0.25) is 10.0 Å². The van der Waals surface area contributed by atoms with Crippen molar-refractivity contribution in [3.8, 4) is 0 Å². The summed E-state index contributed by atoms with van der Waals surface area (Å²) in [7, 11) is 0. The van der Waals surface area contributed by atoms with E-state index in [9.17, 15) is 14.4 Å². The molecule has 0 aliphatic heterocycles. The third-order valence-corrected chi connectivity index (χ3v) is 4.33. The molecule has 0 aromatic heterocycles. The predicted molar refractivity (Wildman–Crippen MR) is 104 cm³/mol. The minimum Gasteiger partial charge on any atom is -0.454 e. The van der Waals surface area contributed by atoms with Crippen molar-refractivity contribution in [3.63, 3.8) is 0 Å². The van der Waals surface area contributed by atoms with Gasteiger partial charge in [-0.1, -0.05) is 40.9 Å². The van der Waals surface area contributed by atoms with Gasteiger partial charge in [-0.3, -0.25) is 14.4 Å². The summed E-state index contributed by atoms with van der Waals surface area (Å²) in [6, 6.07) is 9.93. The number of carbonyl (C=O) groups is 3. The number of anilines is 1. The maximum Gasteiger partial charge on any atom is 0.325 e. The van der Waals surface area contributed by atoms with E-state index in [4.69, 9.17) is 27.9 Å². The van der Waals surface area contributed by atoms with Crippen LogP contribution in [0, 0.1) is 13.8 Å². The van der Waals surface area contributed by atoms with Crippen molar-refractivity contribution in [1.82, 2.24) is 5.32 Å². The molecule has 6 nitrogen and oxygen atoms in total. The Balaban J connectivity index is 1.77. The van der Waals surface area contributed by atoms with Gasteiger partial charge in [0.15, 0.2) is 6.61 Å². The molecule has 0 saturated heterocycles. The van der Waals surface area contributed by atoms with Crippen molar-refractivity contribution in [2.45, 2.75) is 13.8 Å². The predicted octanol–water partition coefficient (Wildman–Crippen LogP) is 3.52. The van der Waals surface area contributed by atoms with Crippen LogP contribution in [0.15, 0.2) is 36.4 Å². The lowest BCUT2D eigenvalue weighted by molar-refractivity contribution is -0.146. The minimum atomic E-state index is -0.737. The van der Waals surface area contributed by atoms with Gasteiger partial charge in [-0.25, -0.2) is 0 Å². The summed E-state index contributed by atoms with van der Waals surface area (Å²) in [5, 5.41) is 5.60. The van der Waals surface area contributed by atoms with E-state index in [1.54, 1.807) is 6.07 Å². The summed E-state index contributed by atoms with van der Waals surface area (Å²) in [5.74, 6) is -1.71. The van der Waals surface area contributed by atoms with E-state index in [1.165, 1.54) is 18.2 Å². The van der Waals surface area contributed by atoms with E-state index in [0.717, 1.165) is 11.1 Å². The molecule has 0 unspecified atom stereocenters. The van der Waals surface area contributed by atoms with Gasteiger partial charge in [-0.2, -0.15) is 0 Å². The maximum absolute atomic E-state index is 12.0. The zero-order chi connectivity index (χ0) is 20.0. The number of halogens is 2. The Bertz CT molecular complexity index is 884. The average Bonchev–Trinajstić information content (AvgIpc) is 2.62. The minimum absolute atomic E-state index is 0.231. The highest BCUT2D eigenvalue weighted by atomic mass is 35.5. The highest BCUT2D eigenvalue weighted by Crippen LogP contribution is 2.22. The largest absolute Gasteiger partial charge is 0.454 e. The molecular weight excluding hydrogens is 391 g/mol. The monoisotopic (exact) mass is 408 g/mol. The molecule has 142 valence electrons. The highest BCUT2D eigenvalue weighted by Gasteiger charge is 2.12. The normalized spacial score (nSPS) is 10.2. The number of amides is 2. The summed E-state index contributed by atoms with van der Waals surface area (Å²) in [5.41, 5.74) is 2.89. The van der Waals surface area contributed by atoms with E-state index >= 15 is 0 Å². The molecule has 2 rings (SSSR count). The number of aryl methyl sites for hydroxylation is 2.